The summed E-state index contributed by atoms with van der Waals surface area (Å²) in [7, 11) is 1.62. The lowest BCUT2D eigenvalue weighted by atomic mass is 10.1. The van der Waals surface area contributed by atoms with Gasteiger partial charge in [-0.3, -0.25) is 4.79 Å². The molecule has 1 aliphatic heterocycles. The zero-order valence-electron chi connectivity index (χ0n) is 15.1. The van der Waals surface area contributed by atoms with Gasteiger partial charge in [-0.05, 0) is 41.0 Å². The molecule has 0 radical (unpaired) electrons. The molecule has 0 aromatic carbocycles. The van der Waals surface area contributed by atoms with Crippen molar-refractivity contribution in [2.45, 2.75) is 64.8 Å². The molecule has 0 aromatic rings. The van der Waals surface area contributed by atoms with Gasteiger partial charge in [-0.25, -0.2) is 4.79 Å². The Labute approximate surface area is 139 Å². The summed E-state index contributed by atoms with van der Waals surface area (Å²) in [5.41, 5.74) is -0.516. The van der Waals surface area contributed by atoms with Gasteiger partial charge in [0.05, 0.1) is 25.3 Å². The first-order valence-electron chi connectivity index (χ1n) is 8.19. The maximum Gasteiger partial charge on any atom is 0.410 e. The van der Waals surface area contributed by atoms with Crippen molar-refractivity contribution in [3.05, 3.63) is 0 Å². The zero-order valence-corrected chi connectivity index (χ0v) is 15.1. The summed E-state index contributed by atoms with van der Waals surface area (Å²) in [6.45, 7) is 10.9. The standard InChI is InChI=1S/C16H31N3O4/c1-11(18-12(2)14(20)17-6)9-13-10-22-8-7-19(13)15(21)23-16(3,4)5/h11-13,18H,7-10H2,1-6H3,(H,17,20). The second-order valence-electron chi connectivity index (χ2n) is 7.04. The van der Waals surface area contributed by atoms with E-state index in [4.69, 9.17) is 9.47 Å². The zero-order chi connectivity index (χ0) is 17.6. The van der Waals surface area contributed by atoms with Gasteiger partial charge in [0.15, 0.2) is 0 Å². The Morgan fingerprint density at radius 3 is 2.57 bits per heavy atom. The minimum absolute atomic E-state index is 0.0549. The molecule has 1 fully saturated rings. The van der Waals surface area contributed by atoms with E-state index in [2.05, 4.69) is 10.6 Å². The molecule has 0 saturated carbocycles. The van der Waals surface area contributed by atoms with E-state index in [1.807, 2.05) is 34.6 Å². The van der Waals surface area contributed by atoms with E-state index in [-0.39, 0.29) is 30.1 Å². The van der Waals surface area contributed by atoms with Crippen LogP contribution in [0.5, 0.6) is 0 Å². The fourth-order valence-electron chi connectivity index (χ4n) is 2.61. The molecule has 2 amide bonds. The first-order valence-corrected chi connectivity index (χ1v) is 8.19. The quantitative estimate of drug-likeness (QED) is 0.790. The van der Waals surface area contributed by atoms with Crippen LogP contribution < -0.4 is 10.6 Å². The number of hydrogen-bond donors (Lipinski definition) is 2. The summed E-state index contributed by atoms with van der Waals surface area (Å²) in [6.07, 6.45) is 0.387. The fraction of sp³-hybridized carbons (Fsp3) is 0.875. The molecule has 0 spiro atoms. The Morgan fingerprint density at radius 2 is 2.00 bits per heavy atom. The van der Waals surface area contributed by atoms with Gasteiger partial charge < -0.3 is 25.0 Å². The summed E-state index contributed by atoms with van der Waals surface area (Å²) in [4.78, 5) is 25.7. The summed E-state index contributed by atoms with van der Waals surface area (Å²) in [5, 5.41) is 5.86. The highest BCUT2D eigenvalue weighted by Crippen LogP contribution is 2.17. The highest BCUT2D eigenvalue weighted by molar-refractivity contribution is 5.80. The number of carbonyl (C=O) groups excluding carboxylic acids is 2. The van der Waals surface area contributed by atoms with Crippen molar-refractivity contribution in [1.82, 2.24) is 15.5 Å². The van der Waals surface area contributed by atoms with Crippen LogP contribution in [0.1, 0.15) is 41.0 Å². The monoisotopic (exact) mass is 329 g/mol. The molecular formula is C16H31N3O4. The second-order valence-corrected chi connectivity index (χ2v) is 7.04. The van der Waals surface area contributed by atoms with Gasteiger partial charge in [-0.1, -0.05) is 0 Å². The molecule has 1 rings (SSSR count). The number of nitrogens with zero attached hydrogens (tertiary/aromatic N) is 1. The van der Waals surface area contributed by atoms with E-state index >= 15 is 0 Å². The Kier molecular flexibility index (Phi) is 7.28. The van der Waals surface area contributed by atoms with Gasteiger partial charge in [0.1, 0.15) is 5.60 Å². The third-order valence-corrected chi connectivity index (χ3v) is 3.66. The maximum absolute atomic E-state index is 12.3. The topological polar surface area (TPSA) is 79.9 Å². The van der Waals surface area contributed by atoms with Crippen molar-refractivity contribution in [3.63, 3.8) is 0 Å². The Morgan fingerprint density at radius 1 is 1.35 bits per heavy atom. The number of ether oxygens (including phenoxy) is 2. The van der Waals surface area contributed by atoms with Crippen LogP contribution in [0.4, 0.5) is 4.79 Å². The van der Waals surface area contributed by atoms with Crippen molar-refractivity contribution >= 4 is 12.0 Å². The predicted octanol–water partition coefficient (Wildman–Crippen LogP) is 1.12. The Hall–Kier alpha value is -1.34. The predicted molar refractivity (Wildman–Crippen MR) is 88.3 cm³/mol. The minimum atomic E-state index is -0.516. The molecule has 7 nitrogen and oxygen atoms in total. The van der Waals surface area contributed by atoms with E-state index < -0.39 is 5.60 Å². The lowest BCUT2D eigenvalue weighted by Gasteiger charge is -2.38. The molecule has 2 N–H and O–H groups in total. The smallest absolute Gasteiger partial charge is 0.410 e. The van der Waals surface area contributed by atoms with E-state index in [0.29, 0.717) is 26.2 Å². The fourth-order valence-corrected chi connectivity index (χ4v) is 2.61. The van der Waals surface area contributed by atoms with Gasteiger partial charge in [0.2, 0.25) is 5.91 Å². The molecule has 1 heterocycles. The number of morpholine rings is 1. The SMILES string of the molecule is CNC(=O)C(C)NC(C)CC1COCCN1C(=O)OC(C)(C)C. The lowest BCUT2D eigenvalue weighted by Crippen LogP contribution is -2.53. The van der Waals surface area contributed by atoms with Crippen molar-refractivity contribution in [3.8, 4) is 0 Å². The summed E-state index contributed by atoms with van der Waals surface area (Å²) >= 11 is 0. The number of rotatable bonds is 5. The van der Waals surface area contributed by atoms with Crippen LogP contribution in [-0.4, -0.2) is 67.4 Å². The summed E-state index contributed by atoms with van der Waals surface area (Å²) in [6, 6.07) is -0.272. The van der Waals surface area contributed by atoms with E-state index in [1.165, 1.54) is 0 Å². The number of hydrogen-bond acceptors (Lipinski definition) is 5. The van der Waals surface area contributed by atoms with Gasteiger partial charge in [0.25, 0.3) is 0 Å². The third-order valence-electron chi connectivity index (χ3n) is 3.66. The molecule has 0 aliphatic carbocycles. The highest BCUT2D eigenvalue weighted by Gasteiger charge is 2.32. The molecule has 3 unspecified atom stereocenters. The Bertz CT molecular complexity index is 409. The highest BCUT2D eigenvalue weighted by atomic mass is 16.6. The number of amides is 2. The second kappa shape index (κ2) is 8.49. The summed E-state index contributed by atoms with van der Waals surface area (Å²) < 4.78 is 11.0. The molecule has 3 atom stereocenters. The van der Waals surface area contributed by atoms with Crippen LogP contribution in [-0.2, 0) is 14.3 Å². The number of carbonyl (C=O) groups is 2. The van der Waals surface area contributed by atoms with Crippen molar-refractivity contribution in [2.24, 2.45) is 0 Å². The average Bonchev–Trinajstić information content (AvgIpc) is 2.44. The molecule has 0 bridgehead atoms. The van der Waals surface area contributed by atoms with E-state index in [1.54, 1.807) is 11.9 Å². The molecule has 7 heteroatoms. The average molecular weight is 329 g/mol. The number of nitrogens with one attached hydrogen (secondary N) is 2. The summed E-state index contributed by atoms with van der Waals surface area (Å²) in [5.74, 6) is -0.0549. The van der Waals surface area contributed by atoms with Gasteiger partial charge in [0, 0.05) is 19.6 Å². The van der Waals surface area contributed by atoms with Crippen LogP contribution in [0.3, 0.4) is 0 Å². The van der Waals surface area contributed by atoms with Gasteiger partial charge in [-0.15, -0.1) is 0 Å². The largest absolute Gasteiger partial charge is 0.444 e. The molecule has 134 valence electrons. The van der Waals surface area contributed by atoms with Crippen molar-refractivity contribution < 1.29 is 19.1 Å². The van der Waals surface area contributed by atoms with Crippen LogP contribution >= 0.6 is 0 Å². The van der Waals surface area contributed by atoms with Gasteiger partial charge in [-0.2, -0.15) is 0 Å². The number of likely N-dealkylation sites (N-methyl/N-ethyl adjacent to an activating group) is 1. The first-order chi connectivity index (χ1) is 10.6. The minimum Gasteiger partial charge on any atom is -0.444 e. The van der Waals surface area contributed by atoms with Crippen LogP contribution in [0, 0.1) is 0 Å². The lowest BCUT2D eigenvalue weighted by molar-refractivity contribution is -0.122. The first kappa shape index (κ1) is 19.7. The third kappa shape index (κ3) is 6.74. The van der Waals surface area contributed by atoms with E-state index in [9.17, 15) is 9.59 Å². The molecule has 1 saturated heterocycles. The Balaban J connectivity index is 2.60. The van der Waals surface area contributed by atoms with Crippen LogP contribution in [0.15, 0.2) is 0 Å². The normalized spacial score (nSPS) is 21.5. The molecule has 1 aliphatic rings. The van der Waals surface area contributed by atoms with Crippen LogP contribution in [0.25, 0.3) is 0 Å². The van der Waals surface area contributed by atoms with Crippen molar-refractivity contribution in [2.75, 3.05) is 26.8 Å². The van der Waals surface area contributed by atoms with Gasteiger partial charge >= 0.3 is 6.09 Å². The maximum atomic E-state index is 12.3. The molecule has 0 aromatic heterocycles. The van der Waals surface area contributed by atoms with Crippen molar-refractivity contribution in [1.29, 1.82) is 0 Å². The van der Waals surface area contributed by atoms with E-state index in [0.717, 1.165) is 0 Å². The van der Waals surface area contributed by atoms with Crippen LogP contribution in [0.2, 0.25) is 0 Å². The molecule has 23 heavy (non-hydrogen) atoms. The molecular weight excluding hydrogens is 298 g/mol.